The number of thiophene rings is 1. The number of aromatic nitrogens is 1. The third kappa shape index (κ3) is 3.12. The average Bonchev–Trinajstić information content (AvgIpc) is 3.15. The highest BCUT2D eigenvalue weighted by molar-refractivity contribution is 7.16. The van der Waals surface area contributed by atoms with Crippen LogP contribution < -0.4 is 10.6 Å². The predicted octanol–water partition coefficient (Wildman–Crippen LogP) is 2.54. The molecular formula is C14H16N4O2S2. The van der Waals surface area contributed by atoms with Crippen LogP contribution in [0.2, 0.25) is 0 Å². The van der Waals surface area contributed by atoms with Gasteiger partial charge in [0.05, 0.1) is 17.8 Å². The van der Waals surface area contributed by atoms with Gasteiger partial charge in [0.1, 0.15) is 0 Å². The first-order valence-electron chi connectivity index (χ1n) is 7.02. The smallest absolute Gasteiger partial charge is 0.317 e. The van der Waals surface area contributed by atoms with Crippen LogP contribution in [0.3, 0.4) is 0 Å². The van der Waals surface area contributed by atoms with E-state index in [0.717, 1.165) is 17.0 Å². The summed E-state index contributed by atoms with van der Waals surface area (Å²) < 4.78 is 0. The minimum atomic E-state index is -0.145. The van der Waals surface area contributed by atoms with Crippen molar-refractivity contribution in [1.82, 2.24) is 15.2 Å². The molecule has 1 aliphatic heterocycles. The second-order valence-electron chi connectivity index (χ2n) is 4.86. The quantitative estimate of drug-likeness (QED) is 0.904. The number of nitrogens with one attached hydrogen (secondary N) is 2. The molecule has 116 valence electrons. The fourth-order valence-electron chi connectivity index (χ4n) is 2.25. The second kappa shape index (κ2) is 6.45. The number of nitrogens with zero attached hydrogens (tertiary/aromatic N) is 2. The van der Waals surface area contributed by atoms with Crippen molar-refractivity contribution in [3.63, 3.8) is 0 Å². The molecule has 2 N–H and O–H groups in total. The van der Waals surface area contributed by atoms with Crippen molar-refractivity contribution >= 4 is 39.7 Å². The van der Waals surface area contributed by atoms with E-state index in [-0.39, 0.29) is 11.9 Å². The molecule has 2 aromatic rings. The van der Waals surface area contributed by atoms with E-state index in [4.69, 9.17) is 0 Å². The molecular weight excluding hydrogens is 320 g/mol. The molecule has 3 rings (SSSR count). The zero-order chi connectivity index (χ0) is 15.5. The molecule has 0 saturated heterocycles. The Hall–Kier alpha value is -1.93. The molecule has 0 saturated carbocycles. The number of thiazole rings is 1. The number of urea groups is 1. The summed E-state index contributed by atoms with van der Waals surface area (Å²) in [7, 11) is 0. The van der Waals surface area contributed by atoms with Crippen LogP contribution in [0.5, 0.6) is 0 Å². The van der Waals surface area contributed by atoms with E-state index in [2.05, 4.69) is 15.6 Å². The molecule has 8 heteroatoms. The first-order valence-corrected chi connectivity index (χ1v) is 8.78. The van der Waals surface area contributed by atoms with Gasteiger partial charge in [-0.3, -0.25) is 10.1 Å². The number of carbonyl (C=O) groups is 2. The molecule has 0 aromatic carbocycles. The van der Waals surface area contributed by atoms with Gasteiger partial charge in [-0.15, -0.1) is 0 Å². The fourth-order valence-corrected chi connectivity index (χ4v) is 3.90. The number of rotatable bonds is 3. The Morgan fingerprint density at radius 1 is 1.45 bits per heavy atom. The monoisotopic (exact) mass is 336 g/mol. The van der Waals surface area contributed by atoms with Gasteiger partial charge in [-0.25, -0.2) is 9.78 Å². The Kier molecular flexibility index (Phi) is 4.39. The molecule has 3 amide bonds. The molecule has 3 heterocycles. The number of hydrogen-bond donors (Lipinski definition) is 2. The van der Waals surface area contributed by atoms with Gasteiger partial charge in [-0.2, -0.15) is 11.3 Å². The summed E-state index contributed by atoms with van der Waals surface area (Å²) in [6.45, 7) is 3.72. The molecule has 6 nitrogen and oxygen atoms in total. The normalized spacial score (nSPS) is 13.6. The van der Waals surface area contributed by atoms with Crippen molar-refractivity contribution < 1.29 is 9.59 Å². The highest BCUT2D eigenvalue weighted by atomic mass is 32.1. The number of fused-ring (bicyclic) bond motifs is 1. The Balaban J connectivity index is 1.68. The lowest BCUT2D eigenvalue weighted by Crippen LogP contribution is -2.42. The van der Waals surface area contributed by atoms with E-state index >= 15 is 0 Å². The van der Waals surface area contributed by atoms with Crippen LogP contribution in [0.4, 0.5) is 9.93 Å². The second-order valence-corrected chi connectivity index (χ2v) is 6.73. The standard InChI is InChI=1S/C14H16N4O2S2/c1-2-15-14(20)18-5-3-10-11(7-18)22-13(16-10)17-12(19)9-4-6-21-8-9/h4,6,8H,2-3,5,7H2,1H3,(H,15,20)(H,16,17,19). The molecule has 0 unspecified atom stereocenters. The Morgan fingerprint density at radius 3 is 3.05 bits per heavy atom. The molecule has 0 atom stereocenters. The van der Waals surface area contributed by atoms with Crippen molar-refractivity contribution in [2.75, 3.05) is 18.4 Å². The van der Waals surface area contributed by atoms with Crippen molar-refractivity contribution in [3.8, 4) is 0 Å². The van der Waals surface area contributed by atoms with Crippen LogP contribution in [-0.4, -0.2) is 34.9 Å². The van der Waals surface area contributed by atoms with E-state index in [1.54, 1.807) is 16.3 Å². The van der Waals surface area contributed by atoms with Crippen molar-refractivity contribution in [3.05, 3.63) is 33.0 Å². The third-order valence-corrected chi connectivity index (χ3v) is 5.03. The summed E-state index contributed by atoms with van der Waals surface area (Å²) in [5, 5.41) is 9.90. The van der Waals surface area contributed by atoms with Gasteiger partial charge in [-0.05, 0) is 18.4 Å². The largest absolute Gasteiger partial charge is 0.338 e. The van der Waals surface area contributed by atoms with Crippen LogP contribution in [0.1, 0.15) is 27.9 Å². The van der Waals surface area contributed by atoms with Crippen molar-refractivity contribution in [2.45, 2.75) is 19.9 Å². The van der Waals surface area contributed by atoms with Crippen LogP contribution >= 0.6 is 22.7 Å². The minimum Gasteiger partial charge on any atom is -0.338 e. The summed E-state index contributed by atoms with van der Waals surface area (Å²) in [6.07, 6.45) is 0.720. The summed E-state index contributed by atoms with van der Waals surface area (Å²) in [5.41, 5.74) is 1.62. The molecule has 0 radical (unpaired) electrons. The van der Waals surface area contributed by atoms with Gasteiger partial charge in [0, 0.05) is 29.8 Å². The predicted molar refractivity (Wildman–Crippen MR) is 87.6 cm³/mol. The van der Waals surface area contributed by atoms with E-state index < -0.39 is 0 Å². The maximum atomic E-state index is 12.0. The van der Waals surface area contributed by atoms with Gasteiger partial charge in [0.15, 0.2) is 5.13 Å². The zero-order valence-electron chi connectivity index (χ0n) is 12.1. The average molecular weight is 336 g/mol. The van der Waals surface area contributed by atoms with Crippen LogP contribution in [0, 0.1) is 0 Å². The number of amides is 3. The number of anilines is 1. The Labute approximate surface area is 136 Å². The number of hydrogen-bond acceptors (Lipinski definition) is 5. The molecule has 2 aromatic heterocycles. The van der Waals surface area contributed by atoms with E-state index in [1.807, 2.05) is 12.3 Å². The van der Waals surface area contributed by atoms with Gasteiger partial charge in [-0.1, -0.05) is 11.3 Å². The first kappa shape index (κ1) is 15.0. The van der Waals surface area contributed by atoms with Gasteiger partial charge in [0.2, 0.25) is 0 Å². The topological polar surface area (TPSA) is 74.3 Å². The molecule has 1 aliphatic rings. The lowest BCUT2D eigenvalue weighted by atomic mass is 10.2. The summed E-state index contributed by atoms with van der Waals surface area (Å²) >= 11 is 2.92. The maximum absolute atomic E-state index is 12.0. The summed E-state index contributed by atoms with van der Waals surface area (Å²) in [5.74, 6) is -0.145. The Bertz CT molecular complexity index is 681. The molecule has 0 bridgehead atoms. The van der Waals surface area contributed by atoms with Crippen molar-refractivity contribution in [1.29, 1.82) is 0 Å². The molecule has 0 fully saturated rings. The lowest BCUT2D eigenvalue weighted by Gasteiger charge is -2.25. The van der Waals surface area contributed by atoms with E-state index in [0.29, 0.717) is 30.3 Å². The minimum absolute atomic E-state index is 0.0505. The van der Waals surface area contributed by atoms with Crippen LogP contribution in [0.25, 0.3) is 0 Å². The molecule has 0 aliphatic carbocycles. The van der Waals surface area contributed by atoms with E-state index in [1.165, 1.54) is 22.7 Å². The van der Waals surface area contributed by atoms with Gasteiger partial charge in [0.25, 0.3) is 5.91 Å². The molecule has 0 spiro atoms. The van der Waals surface area contributed by atoms with E-state index in [9.17, 15) is 9.59 Å². The number of carbonyl (C=O) groups excluding carboxylic acids is 2. The highest BCUT2D eigenvalue weighted by Gasteiger charge is 2.24. The van der Waals surface area contributed by atoms with Gasteiger partial charge < -0.3 is 10.2 Å². The lowest BCUT2D eigenvalue weighted by molar-refractivity contribution is 0.102. The zero-order valence-corrected chi connectivity index (χ0v) is 13.7. The third-order valence-electron chi connectivity index (χ3n) is 3.35. The van der Waals surface area contributed by atoms with Gasteiger partial charge >= 0.3 is 6.03 Å². The van der Waals surface area contributed by atoms with Crippen LogP contribution in [0.15, 0.2) is 16.8 Å². The Morgan fingerprint density at radius 2 is 2.32 bits per heavy atom. The fraction of sp³-hybridized carbons (Fsp3) is 0.357. The van der Waals surface area contributed by atoms with Crippen molar-refractivity contribution in [2.24, 2.45) is 0 Å². The highest BCUT2D eigenvalue weighted by Crippen LogP contribution is 2.28. The maximum Gasteiger partial charge on any atom is 0.317 e. The van der Waals surface area contributed by atoms with Crippen LogP contribution in [-0.2, 0) is 13.0 Å². The first-order chi connectivity index (χ1) is 10.7. The SMILES string of the molecule is CCNC(=O)N1CCc2nc(NC(=O)c3ccsc3)sc2C1. The summed E-state index contributed by atoms with van der Waals surface area (Å²) in [6, 6.07) is 1.73. The molecule has 22 heavy (non-hydrogen) atoms. The summed E-state index contributed by atoms with van der Waals surface area (Å²) in [4.78, 5) is 31.2.